The molecular weight excluding hydrogens is 292 g/mol. The Morgan fingerprint density at radius 2 is 2.15 bits per heavy atom. The lowest BCUT2D eigenvalue weighted by molar-refractivity contribution is 0.0692. The van der Waals surface area contributed by atoms with Crippen LogP contribution in [0.3, 0.4) is 0 Å². The Morgan fingerprint density at radius 1 is 1.40 bits per heavy atom. The first-order valence-corrected chi connectivity index (χ1v) is 7.63. The minimum Gasteiger partial charge on any atom is -0.399 e. The molecule has 0 saturated carbocycles. The number of nitrogens with two attached hydrogens (primary N) is 1. The van der Waals surface area contributed by atoms with Crippen LogP contribution in [0.2, 0.25) is 5.02 Å². The molecular formula is C15H17ClN2OS. The highest BCUT2D eigenvalue weighted by Gasteiger charge is 2.21. The number of hydrogen-bond donors (Lipinski definition) is 1. The summed E-state index contributed by atoms with van der Waals surface area (Å²) in [5.41, 5.74) is 6.71. The molecule has 0 unspecified atom stereocenters. The molecule has 2 N–H and O–H groups in total. The number of halogens is 1. The van der Waals surface area contributed by atoms with Crippen LogP contribution in [0, 0.1) is 0 Å². The van der Waals surface area contributed by atoms with E-state index in [1.165, 1.54) is 0 Å². The van der Waals surface area contributed by atoms with Gasteiger partial charge in [-0.05, 0) is 43.5 Å². The molecule has 5 heteroatoms. The molecule has 0 spiro atoms. The highest BCUT2D eigenvalue weighted by atomic mass is 35.5. The average Bonchev–Trinajstić information content (AvgIpc) is 2.87. The number of thiophene rings is 1. The van der Waals surface area contributed by atoms with Crippen LogP contribution in [0.15, 0.2) is 35.7 Å². The summed E-state index contributed by atoms with van der Waals surface area (Å²) in [5, 5.41) is 2.40. The van der Waals surface area contributed by atoms with E-state index in [-0.39, 0.29) is 11.9 Å². The van der Waals surface area contributed by atoms with Crippen LogP contribution in [0.4, 0.5) is 5.69 Å². The highest BCUT2D eigenvalue weighted by Crippen LogP contribution is 2.23. The van der Waals surface area contributed by atoms with Crippen molar-refractivity contribution in [2.45, 2.75) is 26.4 Å². The molecule has 0 fully saturated rings. The van der Waals surface area contributed by atoms with E-state index < -0.39 is 0 Å². The fraction of sp³-hybridized carbons (Fsp3) is 0.267. The molecule has 0 saturated heterocycles. The molecule has 0 aliphatic heterocycles. The fourth-order valence-corrected chi connectivity index (χ4v) is 2.89. The third-order valence-corrected chi connectivity index (χ3v) is 4.19. The van der Waals surface area contributed by atoms with Gasteiger partial charge in [0.05, 0.1) is 17.1 Å². The van der Waals surface area contributed by atoms with E-state index in [4.69, 9.17) is 17.3 Å². The predicted octanol–water partition coefficient (Wildman–Crippen LogP) is 4.03. The van der Waals surface area contributed by atoms with Gasteiger partial charge in [0.1, 0.15) is 0 Å². The first-order chi connectivity index (χ1) is 9.49. The minimum absolute atomic E-state index is 0.0709. The van der Waals surface area contributed by atoms with Crippen molar-refractivity contribution < 1.29 is 4.79 Å². The molecule has 0 atom stereocenters. The van der Waals surface area contributed by atoms with E-state index in [0.29, 0.717) is 22.8 Å². The summed E-state index contributed by atoms with van der Waals surface area (Å²) in [6.07, 6.45) is 0. The quantitative estimate of drug-likeness (QED) is 0.867. The topological polar surface area (TPSA) is 46.3 Å². The SMILES string of the molecule is CC(C)N(Cc1cccs1)C(=O)c1ccc(N)cc1Cl. The molecule has 3 nitrogen and oxygen atoms in total. The number of benzene rings is 1. The molecule has 0 aliphatic rings. The second kappa shape index (κ2) is 6.29. The van der Waals surface area contributed by atoms with Gasteiger partial charge in [-0.1, -0.05) is 17.7 Å². The normalized spacial score (nSPS) is 10.8. The fourth-order valence-electron chi connectivity index (χ4n) is 1.92. The largest absolute Gasteiger partial charge is 0.399 e. The van der Waals surface area contributed by atoms with Crippen LogP contribution < -0.4 is 5.73 Å². The van der Waals surface area contributed by atoms with E-state index in [1.807, 2.05) is 36.3 Å². The molecule has 1 heterocycles. The maximum atomic E-state index is 12.6. The van der Waals surface area contributed by atoms with Crippen LogP contribution in [0.25, 0.3) is 0 Å². The molecule has 20 heavy (non-hydrogen) atoms. The number of nitrogens with zero attached hydrogens (tertiary/aromatic N) is 1. The third-order valence-electron chi connectivity index (χ3n) is 3.01. The number of anilines is 1. The number of nitrogen functional groups attached to an aromatic ring is 1. The molecule has 0 bridgehead atoms. The Balaban J connectivity index is 2.27. The van der Waals surface area contributed by atoms with Gasteiger partial charge in [0, 0.05) is 16.6 Å². The lowest BCUT2D eigenvalue weighted by Gasteiger charge is -2.26. The first kappa shape index (κ1) is 14.9. The van der Waals surface area contributed by atoms with E-state index in [2.05, 4.69) is 0 Å². The van der Waals surface area contributed by atoms with Gasteiger partial charge < -0.3 is 10.6 Å². The van der Waals surface area contributed by atoms with Crippen LogP contribution in [0.1, 0.15) is 29.1 Å². The minimum atomic E-state index is -0.0709. The van der Waals surface area contributed by atoms with Crippen LogP contribution in [0.5, 0.6) is 0 Å². The lowest BCUT2D eigenvalue weighted by atomic mass is 10.1. The van der Waals surface area contributed by atoms with Crippen molar-refractivity contribution >= 4 is 34.5 Å². The van der Waals surface area contributed by atoms with E-state index in [1.54, 1.807) is 29.5 Å². The van der Waals surface area contributed by atoms with Crippen molar-refractivity contribution in [2.75, 3.05) is 5.73 Å². The standard InChI is InChI=1S/C15H17ClN2OS/c1-10(2)18(9-12-4-3-7-20-12)15(19)13-6-5-11(17)8-14(13)16/h3-8,10H,9,17H2,1-2H3. The van der Waals surface area contributed by atoms with Gasteiger partial charge in [0.2, 0.25) is 0 Å². The Bertz CT molecular complexity index is 596. The summed E-state index contributed by atoms with van der Waals surface area (Å²) < 4.78 is 0. The highest BCUT2D eigenvalue weighted by molar-refractivity contribution is 7.09. The van der Waals surface area contributed by atoms with Gasteiger partial charge in [-0.25, -0.2) is 0 Å². The van der Waals surface area contributed by atoms with E-state index in [0.717, 1.165) is 4.88 Å². The molecule has 1 aromatic heterocycles. The number of rotatable bonds is 4. The second-order valence-electron chi connectivity index (χ2n) is 4.85. The summed E-state index contributed by atoms with van der Waals surface area (Å²) in [6, 6.07) is 9.10. The molecule has 2 aromatic rings. The van der Waals surface area contributed by atoms with Crippen LogP contribution >= 0.6 is 22.9 Å². The zero-order valence-corrected chi connectivity index (χ0v) is 13.0. The van der Waals surface area contributed by atoms with Crippen LogP contribution in [-0.2, 0) is 6.54 Å². The maximum Gasteiger partial charge on any atom is 0.255 e. The first-order valence-electron chi connectivity index (χ1n) is 6.37. The van der Waals surface area contributed by atoms with E-state index >= 15 is 0 Å². The number of carbonyl (C=O) groups excluding carboxylic acids is 1. The summed E-state index contributed by atoms with van der Waals surface area (Å²) in [7, 11) is 0. The zero-order chi connectivity index (χ0) is 14.7. The molecule has 0 radical (unpaired) electrons. The van der Waals surface area contributed by atoms with Gasteiger partial charge in [-0.2, -0.15) is 0 Å². The summed E-state index contributed by atoms with van der Waals surface area (Å²) in [6.45, 7) is 4.59. The van der Waals surface area contributed by atoms with Crippen molar-refractivity contribution in [3.63, 3.8) is 0 Å². The smallest absolute Gasteiger partial charge is 0.255 e. The van der Waals surface area contributed by atoms with Crippen molar-refractivity contribution in [3.8, 4) is 0 Å². The maximum absolute atomic E-state index is 12.6. The van der Waals surface area contributed by atoms with Crippen molar-refractivity contribution in [1.29, 1.82) is 0 Å². The van der Waals surface area contributed by atoms with Crippen LogP contribution in [-0.4, -0.2) is 16.8 Å². The monoisotopic (exact) mass is 308 g/mol. The number of hydrogen-bond acceptors (Lipinski definition) is 3. The summed E-state index contributed by atoms with van der Waals surface area (Å²) in [4.78, 5) is 15.6. The van der Waals surface area contributed by atoms with Crippen molar-refractivity contribution in [1.82, 2.24) is 4.90 Å². The number of carbonyl (C=O) groups is 1. The Morgan fingerprint density at radius 3 is 2.70 bits per heavy atom. The summed E-state index contributed by atoms with van der Waals surface area (Å²) in [5.74, 6) is -0.0709. The van der Waals surface area contributed by atoms with Crippen molar-refractivity contribution in [2.24, 2.45) is 0 Å². The van der Waals surface area contributed by atoms with Gasteiger partial charge in [-0.3, -0.25) is 4.79 Å². The molecule has 106 valence electrons. The van der Waals surface area contributed by atoms with E-state index in [9.17, 15) is 4.79 Å². The summed E-state index contributed by atoms with van der Waals surface area (Å²) >= 11 is 7.77. The predicted molar refractivity (Wildman–Crippen MR) is 85.2 cm³/mol. The van der Waals surface area contributed by atoms with Gasteiger partial charge in [0.25, 0.3) is 5.91 Å². The van der Waals surface area contributed by atoms with Gasteiger partial charge in [-0.15, -0.1) is 11.3 Å². The Hall–Kier alpha value is -1.52. The molecule has 2 rings (SSSR count). The molecule has 1 aromatic carbocycles. The average molecular weight is 309 g/mol. The second-order valence-corrected chi connectivity index (χ2v) is 6.28. The lowest BCUT2D eigenvalue weighted by Crippen LogP contribution is -2.36. The van der Waals surface area contributed by atoms with Gasteiger partial charge in [0.15, 0.2) is 0 Å². The molecule has 1 amide bonds. The van der Waals surface area contributed by atoms with Gasteiger partial charge >= 0.3 is 0 Å². The Labute approximate surface area is 128 Å². The molecule has 0 aliphatic carbocycles. The third kappa shape index (κ3) is 3.32. The number of amides is 1. The Kier molecular flexibility index (Phi) is 4.68. The van der Waals surface area contributed by atoms with Crippen molar-refractivity contribution in [3.05, 3.63) is 51.2 Å². The zero-order valence-electron chi connectivity index (χ0n) is 11.5.